The molecule has 0 aliphatic heterocycles. The predicted octanol–water partition coefficient (Wildman–Crippen LogP) is 1.31. The highest BCUT2D eigenvalue weighted by atomic mass is 35.5. The summed E-state index contributed by atoms with van der Waals surface area (Å²) in [5, 5.41) is -1.32. The summed E-state index contributed by atoms with van der Waals surface area (Å²) in [6, 6.07) is 0. The van der Waals surface area contributed by atoms with Gasteiger partial charge < -0.3 is 4.74 Å². The third kappa shape index (κ3) is 5.18. The summed E-state index contributed by atoms with van der Waals surface area (Å²) in [6.07, 6.45) is -1.07. The van der Waals surface area contributed by atoms with Crippen LogP contribution in [0.3, 0.4) is 0 Å². The SMILES string of the molecule is CCOC(CC(=O)Cl)C(=O)Cl. The maximum atomic E-state index is 10.5. The second-order valence-electron chi connectivity index (χ2n) is 1.81. The van der Waals surface area contributed by atoms with Gasteiger partial charge in [0.2, 0.25) is 5.24 Å². The number of hydrogen-bond donors (Lipinski definition) is 0. The second kappa shape index (κ2) is 5.52. The highest BCUT2D eigenvalue weighted by molar-refractivity contribution is 6.66. The Bertz CT molecular complexity index is 158. The van der Waals surface area contributed by atoms with Crippen LogP contribution < -0.4 is 0 Å². The number of carbonyl (C=O) groups excluding carboxylic acids is 2. The van der Waals surface area contributed by atoms with Gasteiger partial charge in [-0.25, -0.2) is 0 Å². The topological polar surface area (TPSA) is 43.4 Å². The van der Waals surface area contributed by atoms with E-state index in [-0.39, 0.29) is 6.42 Å². The van der Waals surface area contributed by atoms with Gasteiger partial charge in [0.25, 0.3) is 5.24 Å². The van der Waals surface area contributed by atoms with Crippen LogP contribution in [0.4, 0.5) is 0 Å². The van der Waals surface area contributed by atoms with Gasteiger partial charge >= 0.3 is 0 Å². The van der Waals surface area contributed by atoms with Crippen LogP contribution in [-0.4, -0.2) is 23.2 Å². The third-order valence-electron chi connectivity index (χ3n) is 0.967. The molecule has 0 aliphatic carbocycles. The van der Waals surface area contributed by atoms with Crippen molar-refractivity contribution >= 4 is 33.7 Å². The molecule has 0 aromatic rings. The molecule has 0 aromatic carbocycles. The van der Waals surface area contributed by atoms with Gasteiger partial charge in [0.1, 0.15) is 6.10 Å². The lowest BCUT2D eigenvalue weighted by Crippen LogP contribution is -2.22. The first kappa shape index (κ1) is 10.9. The van der Waals surface area contributed by atoms with Gasteiger partial charge in [0, 0.05) is 6.61 Å². The molecule has 5 heteroatoms. The first-order valence-corrected chi connectivity index (χ1v) is 3.82. The molecular formula is C6H8Cl2O3. The Kier molecular flexibility index (Phi) is 5.46. The first-order valence-electron chi connectivity index (χ1n) is 3.07. The maximum absolute atomic E-state index is 10.5. The zero-order valence-electron chi connectivity index (χ0n) is 5.97. The zero-order valence-corrected chi connectivity index (χ0v) is 7.48. The average Bonchev–Trinajstić information content (AvgIpc) is 1.86. The molecule has 0 rings (SSSR count). The summed E-state index contributed by atoms with van der Waals surface area (Å²) in [7, 11) is 0. The Hall–Kier alpha value is -0.120. The van der Waals surface area contributed by atoms with E-state index in [2.05, 4.69) is 0 Å². The lowest BCUT2D eigenvalue weighted by Gasteiger charge is -2.08. The Morgan fingerprint density at radius 3 is 2.27 bits per heavy atom. The van der Waals surface area contributed by atoms with E-state index in [4.69, 9.17) is 27.9 Å². The van der Waals surface area contributed by atoms with E-state index in [0.29, 0.717) is 6.61 Å². The molecule has 0 N–H and O–H groups in total. The van der Waals surface area contributed by atoms with Gasteiger partial charge in [-0.15, -0.1) is 0 Å². The zero-order chi connectivity index (χ0) is 8.85. The van der Waals surface area contributed by atoms with Crippen LogP contribution in [-0.2, 0) is 14.3 Å². The fraction of sp³-hybridized carbons (Fsp3) is 0.667. The molecule has 64 valence electrons. The van der Waals surface area contributed by atoms with E-state index >= 15 is 0 Å². The lowest BCUT2D eigenvalue weighted by molar-refractivity contribution is -0.126. The molecule has 0 bridgehead atoms. The van der Waals surface area contributed by atoms with Crippen molar-refractivity contribution in [3.63, 3.8) is 0 Å². The summed E-state index contributed by atoms with van der Waals surface area (Å²) < 4.78 is 4.83. The van der Waals surface area contributed by atoms with E-state index in [1.807, 2.05) is 0 Å². The van der Waals surface area contributed by atoms with Crippen LogP contribution in [0.15, 0.2) is 0 Å². The molecule has 3 nitrogen and oxygen atoms in total. The van der Waals surface area contributed by atoms with E-state index in [1.54, 1.807) is 6.92 Å². The average molecular weight is 199 g/mol. The van der Waals surface area contributed by atoms with Crippen molar-refractivity contribution in [2.24, 2.45) is 0 Å². The Morgan fingerprint density at radius 2 is 2.00 bits per heavy atom. The quantitative estimate of drug-likeness (QED) is 0.627. The van der Waals surface area contributed by atoms with Crippen molar-refractivity contribution in [3.05, 3.63) is 0 Å². The van der Waals surface area contributed by atoms with Crippen molar-refractivity contribution < 1.29 is 14.3 Å². The van der Waals surface area contributed by atoms with Crippen molar-refractivity contribution in [1.29, 1.82) is 0 Å². The van der Waals surface area contributed by atoms with E-state index in [0.717, 1.165) is 0 Å². The number of rotatable bonds is 5. The summed E-state index contributed by atoms with van der Waals surface area (Å²) in [4.78, 5) is 20.8. The summed E-state index contributed by atoms with van der Waals surface area (Å²) in [6.45, 7) is 2.03. The molecule has 0 fully saturated rings. The van der Waals surface area contributed by atoms with Crippen molar-refractivity contribution in [3.8, 4) is 0 Å². The highest BCUT2D eigenvalue weighted by Crippen LogP contribution is 2.05. The lowest BCUT2D eigenvalue weighted by atomic mass is 10.3. The van der Waals surface area contributed by atoms with Crippen molar-refractivity contribution in [2.75, 3.05) is 6.61 Å². The number of hydrogen-bond acceptors (Lipinski definition) is 3. The van der Waals surface area contributed by atoms with Crippen LogP contribution >= 0.6 is 23.2 Å². The molecule has 0 radical (unpaired) electrons. The van der Waals surface area contributed by atoms with Crippen LogP contribution in [0, 0.1) is 0 Å². The predicted molar refractivity (Wildman–Crippen MR) is 41.8 cm³/mol. The van der Waals surface area contributed by atoms with Gasteiger partial charge in [-0.3, -0.25) is 9.59 Å². The minimum absolute atomic E-state index is 0.169. The van der Waals surface area contributed by atoms with Crippen molar-refractivity contribution in [1.82, 2.24) is 0 Å². The molecule has 0 spiro atoms. The minimum Gasteiger partial charge on any atom is -0.369 e. The normalized spacial score (nSPS) is 12.6. The third-order valence-corrected chi connectivity index (χ3v) is 1.36. The van der Waals surface area contributed by atoms with Crippen LogP contribution in [0.5, 0.6) is 0 Å². The Balaban J connectivity index is 3.89. The molecule has 1 unspecified atom stereocenters. The van der Waals surface area contributed by atoms with E-state index in [1.165, 1.54) is 0 Å². The minimum atomic E-state index is -0.897. The van der Waals surface area contributed by atoms with Crippen molar-refractivity contribution in [2.45, 2.75) is 19.4 Å². The van der Waals surface area contributed by atoms with Gasteiger partial charge in [-0.1, -0.05) is 0 Å². The second-order valence-corrected chi connectivity index (χ2v) is 2.60. The molecule has 0 aromatic heterocycles. The molecule has 1 atom stereocenters. The molecule has 0 saturated heterocycles. The largest absolute Gasteiger partial charge is 0.369 e. The molecule has 0 amide bonds. The molecule has 0 aliphatic rings. The highest BCUT2D eigenvalue weighted by Gasteiger charge is 2.18. The molecule has 0 saturated carbocycles. The molecular weight excluding hydrogens is 191 g/mol. The molecule has 0 heterocycles. The summed E-state index contributed by atoms with van der Waals surface area (Å²) in [5.41, 5.74) is 0. The fourth-order valence-corrected chi connectivity index (χ4v) is 0.832. The van der Waals surface area contributed by atoms with Gasteiger partial charge in [-0.05, 0) is 30.1 Å². The fourth-order valence-electron chi connectivity index (χ4n) is 0.552. The van der Waals surface area contributed by atoms with Gasteiger partial charge in [0.15, 0.2) is 0 Å². The van der Waals surface area contributed by atoms with Gasteiger partial charge in [-0.2, -0.15) is 0 Å². The van der Waals surface area contributed by atoms with Crippen LogP contribution in [0.25, 0.3) is 0 Å². The van der Waals surface area contributed by atoms with Crippen LogP contribution in [0.1, 0.15) is 13.3 Å². The molecule has 11 heavy (non-hydrogen) atoms. The number of ether oxygens (including phenoxy) is 1. The monoisotopic (exact) mass is 198 g/mol. The Labute approximate surface area is 74.6 Å². The van der Waals surface area contributed by atoms with Crippen LogP contribution in [0.2, 0.25) is 0 Å². The summed E-state index contributed by atoms with van der Waals surface area (Å²) in [5.74, 6) is 0. The number of carbonyl (C=O) groups is 2. The van der Waals surface area contributed by atoms with E-state index in [9.17, 15) is 9.59 Å². The summed E-state index contributed by atoms with van der Waals surface area (Å²) >= 11 is 10.1. The maximum Gasteiger partial charge on any atom is 0.250 e. The number of halogens is 2. The Morgan fingerprint density at radius 1 is 1.45 bits per heavy atom. The van der Waals surface area contributed by atoms with E-state index < -0.39 is 16.6 Å². The van der Waals surface area contributed by atoms with Gasteiger partial charge in [0.05, 0.1) is 6.42 Å². The first-order chi connectivity index (χ1) is 5.07. The standard InChI is InChI=1S/C6H8Cl2O3/c1-2-11-4(6(8)10)3-5(7)9/h4H,2-3H2,1H3. The smallest absolute Gasteiger partial charge is 0.250 e.